The SMILES string of the molecule is CC[C@H](C)N(C[C@H]1CN(C(=O)c2ccc([N+](=O)[O-])cc2)CCO1)C(=O)c1ccccc1OC. The second-order valence-electron chi connectivity index (χ2n) is 7.96. The number of amides is 2. The van der Waals surface area contributed by atoms with Crippen molar-refractivity contribution in [3.8, 4) is 5.75 Å². The number of nitro groups is 1. The maximum absolute atomic E-state index is 13.4. The molecule has 2 aromatic carbocycles. The molecule has 176 valence electrons. The third kappa shape index (κ3) is 5.67. The number of carbonyl (C=O) groups is 2. The minimum absolute atomic E-state index is 0.0354. The van der Waals surface area contributed by atoms with Crippen LogP contribution in [-0.4, -0.2) is 72.0 Å². The van der Waals surface area contributed by atoms with Crippen molar-refractivity contribution in [3.05, 3.63) is 69.8 Å². The normalized spacial score (nSPS) is 16.7. The number of morpholine rings is 1. The van der Waals surface area contributed by atoms with E-state index >= 15 is 0 Å². The molecule has 33 heavy (non-hydrogen) atoms. The van der Waals surface area contributed by atoms with Crippen LogP contribution < -0.4 is 4.74 Å². The fraction of sp³-hybridized carbons (Fsp3) is 0.417. The number of nitrogens with zero attached hydrogens (tertiary/aromatic N) is 3. The van der Waals surface area contributed by atoms with Crippen molar-refractivity contribution < 1.29 is 24.0 Å². The number of hydrogen-bond donors (Lipinski definition) is 0. The Labute approximate surface area is 193 Å². The molecular formula is C24H29N3O6. The Morgan fingerprint density at radius 2 is 1.94 bits per heavy atom. The van der Waals surface area contributed by atoms with E-state index in [-0.39, 0.29) is 29.6 Å². The van der Waals surface area contributed by atoms with Gasteiger partial charge in [-0.3, -0.25) is 19.7 Å². The fourth-order valence-corrected chi connectivity index (χ4v) is 3.80. The first-order chi connectivity index (χ1) is 15.8. The summed E-state index contributed by atoms with van der Waals surface area (Å²) in [6, 6.07) is 12.6. The van der Waals surface area contributed by atoms with Crippen molar-refractivity contribution in [2.75, 3.05) is 33.4 Å². The van der Waals surface area contributed by atoms with Gasteiger partial charge in [0.1, 0.15) is 5.75 Å². The van der Waals surface area contributed by atoms with E-state index in [2.05, 4.69) is 0 Å². The minimum Gasteiger partial charge on any atom is -0.496 e. The zero-order chi connectivity index (χ0) is 24.0. The summed E-state index contributed by atoms with van der Waals surface area (Å²) in [6.07, 6.45) is 0.410. The van der Waals surface area contributed by atoms with Gasteiger partial charge in [-0.1, -0.05) is 19.1 Å². The van der Waals surface area contributed by atoms with E-state index in [4.69, 9.17) is 9.47 Å². The van der Waals surface area contributed by atoms with Gasteiger partial charge in [-0.05, 0) is 37.6 Å². The second kappa shape index (κ2) is 10.9. The first-order valence-corrected chi connectivity index (χ1v) is 10.9. The molecule has 0 N–H and O–H groups in total. The van der Waals surface area contributed by atoms with Gasteiger partial charge in [0, 0.05) is 43.4 Å². The quantitative estimate of drug-likeness (QED) is 0.447. The van der Waals surface area contributed by atoms with E-state index in [1.54, 1.807) is 28.0 Å². The summed E-state index contributed by atoms with van der Waals surface area (Å²) < 4.78 is 11.3. The first kappa shape index (κ1) is 24.2. The summed E-state index contributed by atoms with van der Waals surface area (Å²) >= 11 is 0. The van der Waals surface area contributed by atoms with Gasteiger partial charge in [0.2, 0.25) is 0 Å². The van der Waals surface area contributed by atoms with E-state index in [9.17, 15) is 19.7 Å². The molecular weight excluding hydrogens is 426 g/mol. The summed E-state index contributed by atoms with van der Waals surface area (Å²) in [5, 5.41) is 10.9. The van der Waals surface area contributed by atoms with Gasteiger partial charge in [0.25, 0.3) is 17.5 Å². The highest BCUT2D eigenvalue weighted by Gasteiger charge is 2.31. The van der Waals surface area contributed by atoms with Crippen LogP contribution in [0.25, 0.3) is 0 Å². The molecule has 0 spiro atoms. The third-order valence-electron chi connectivity index (χ3n) is 5.87. The van der Waals surface area contributed by atoms with Crippen molar-refractivity contribution in [2.24, 2.45) is 0 Å². The van der Waals surface area contributed by atoms with Crippen LogP contribution in [0.4, 0.5) is 5.69 Å². The number of ether oxygens (including phenoxy) is 2. The molecule has 0 bridgehead atoms. The molecule has 1 fully saturated rings. The van der Waals surface area contributed by atoms with E-state index < -0.39 is 4.92 Å². The molecule has 0 saturated carbocycles. The second-order valence-corrected chi connectivity index (χ2v) is 7.96. The highest BCUT2D eigenvalue weighted by molar-refractivity contribution is 5.97. The summed E-state index contributed by atoms with van der Waals surface area (Å²) in [5.41, 5.74) is 0.797. The van der Waals surface area contributed by atoms with Crippen LogP contribution in [0.15, 0.2) is 48.5 Å². The van der Waals surface area contributed by atoms with Crippen LogP contribution in [0.5, 0.6) is 5.75 Å². The number of rotatable bonds is 8. The third-order valence-corrected chi connectivity index (χ3v) is 5.87. The zero-order valence-corrected chi connectivity index (χ0v) is 19.1. The van der Waals surface area contributed by atoms with Crippen molar-refractivity contribution in [1.29, 1.82) is 0 Å². The molecule has 1 aliphatic rings. The van der Waals surface area contributed by atoms with Gasteiger partial charge in [0.05, 0.1) is 30.3 Å². The van der Waals surface area contributed by atoms with E-state index in [0.717, 1.165) is 6.42 Å². The standard InChI is InChI=1S/C24H29N3O6/c1-4-17(2)26(24(29)21-7-5-6-8-22(21)32-3)16-20-15-25(13-14-33-20)23(28)18-9-11-19(12-10-18)27(30)31/h5-12,17,20H,4,13-16H2,1-3H3/t17-,20+/m0/s1. The molecule has 0 aliphatic carbocycles. The first-order valence-electron chi connectivity index (χ1n) is 10.9. The lowest BCUT2D eigenvalue weighted by molar-refractivity contribution is -0.384. The number of hydrogen-bond acceptors (Lipinski definition) is 6. The van der Waals surface area contributed by atoms with Gasteiger partial charge in [-0.2, -0.15) is 0 Å². The number of para-hydroxylation sites is 1. The molecule has 1 saturated heterocycles. The number of methoxy groups -OCH3 is 1. The Bertz CT molecular complexity index is 994. The molecule has 0 aromatic heterocycles. The lowest BCUT2D eigenvalue weighted by Gasteiger charge is -2.37. The molecule has 1 heterocycles. The van der Waals surface area contributed by atoms with Gasteiger partial charge >= 0.3 is 0 Å². The van der Waals surface area contributed by atoms with Gasteiger partial charge in [-0.25, -0.2) is 0 Å². The number of benzene rings is 2. The van der Waals surface area contributed by atoms with Crippen LogP contribution >= 0.6 is 0 Å². The molecule has 2 amide bonds. The minimum atomic E-state index is -0.499. The Balaban J connectivity index is 1.73. The summed E-state index contributed by atoms with van der Waals surface area (Å²) in [4.78, 5) is 40.1. The van der Waals surface area contributed by atoms with Crippen LogP contribution in [0, 0.1) is 10.1 Å². The van der Waals surface area contributed by atoms with Crippen molar-refractivity contribution >= 4 is 17.5 Å². The molecule has 2 atom stereocenters. The average Bonchev–Trinajstić information content (AvgIpc) is 2.86. The molecule has 9 heteroatoms. The number of nitro benzene ring substituents is 1. The van der Waals surface area contributed by atoms with Crippen molar-refractivity contribution in [3.63, 3.8) is 0 Å². The Morgan fingerprint density at radius 1 is 1.24 bits per heavy atom. The highest BCUT2D eigenvalue weighted by Crippen LogP contribution is 2.23. The Morgan fingerprint density at radius 3 is 2.58 bits per heavy atom. The largest absolute Gasteiger partial charge is 0.496 e. The highest BCUT2D eigenvalue weighted by atomic mass is 16.6. The van der Waals surface area contributed by atoms with E-state index in [1.807, 2.05) is 19.9 Å². The van der Waals surface area contributed by atoms with Crippen LogP contribution in [0.3, 0.4) is 0 Å². The van der Waals surface area contributed by atoms with Crippen LogP contribution in [0.2, 0.25) is 0 Å². The lowest BCUT2D eigenvalue weighted by Crippen LogP contribution is -2.52. The smallest absolute Gasteiger partial charge is 0.269 e. The molecule has 3 rings (SSSR count). The van der Waals surface area contributed by atoms with Crippen LogP contribution in [0.1, 0.15) is 41.0 Å². The summed E-state index contributed by atoms with van der Waals surface area (Å²) in [7, 11) is 1.53. The summed E-state index contributed by atoms with van der Waals surface area (Å²) in [5.74, 6) is 0.143. The maximum atomic E-state index is 13.4. The fourth-order valence-electron chi connectivity index (χ4n) is 3.80. The molecule has 1 aliphatic heterocycles. The predicted molar refractivity (Wildman–Crippen MR) is 123 cm³/mol. The molecule has 0 unspecified atom stereocenters. The van der Waals surface area contributed by atoms with E-state index in [0.29, 0.717) is 43.1 Å². The Hall–Kier alpha value is -3.46. The molecule has 9 nitrogen and oxygen atoms in total. The predicted octanol–water partition coefficient (Wildman–Crippen LogP) is 3.39. The maximum Gasteiger partial charge on any atom is 0.269 e. The van der Waals surface area contributed by atoms with Gasteiger partial charge < -0.3 is 19.3 Å². The average molecular weight is 456 g/mol. The topological polar surface area (TPSA) is 102 Å². The van der Waals surface area contributed by atoms with Gasteiger partial charge in [0.15, 0.2) is 0 Å². The van der Waals surface area contributed by atoms with Crippen molar-refractivity contribution in [2.45, 2.75) is 32.4 Å². The number of carbonyl (C=O) groups excluding carboxylic acids is 2. The van der Waals surface area contributed by atoms with Crippen LogP contribution in [-0.2, 0) is 4.74 Å². The zero-order valence-electron chi connectivity index (χ0n) is 19.1. The van der Waals surface area contributed by atoms with E-state index in [1.165, 1.54) is 31.4 Å². The summed E-state index contributed by atoms with van der Waals surface area (Å²) in [6.45, 7) is 5.41. The number of non-ortho nitro benzene ring substituents is 1. The van der Waals surface area contributed by atoms with Gasteiger partial charge in [-0.15, -0.1) is 0 Å². The Kier molecular flexibility index (Phi) is 8.00. The lowest BCUT2D eigenvalue weighted by atomic mass is 10.1. The molecule has 2 aromatic rings. The monoisotopic (exact) mass is 455 g/mol. The molecule has 0 radical (unpaired) electrons. The van der Waals surface area contributed by atoms with Crippen molar-refractivity contribution in [1.82, 2.24) is 9.80 Å².